The normalized spacial score (nSPS) is 14.8. The smallest absolute Gasteiger partial charge is 0.380 e. The number of aliphatic hydroxyl groups is 1. The molecule has 2 N–H and O–H groups in total. The molecule has 148 valence electrons. The Hall–Kier alpha value is -2.67. The fourth-order valence-corrected chi connectivity index (χ4v) is 3.57. The number of aromatic amines is 1. The van der Waals surface area contributed by atoms with Gasteiger partial charge in [0.25, 0.3) is 0 Å². The summed E-state index contributed by atoms with van der Waals surface area (Å²) in [4.78, 5) is 17.9. The summed E-state index contributed by atoms with van der Waals surface area (Å²) >= 11 is 0. The zero-order valence-corrected chi connectivity index (χ0v) is 15.5. The summed E-state index contributed by atoms with van der Waals surface area (Å²) in [6.45, 7) is 3.26. The van der Waals surface area contributed by atoms with Crippen LogP contribution in [0.25, 0.3) is 10.9 Å². The van der Waals surface area contributed by atoms with Gasteiger partial charge in [-0.05, 0) is 35.6 Å². The average Bonchev–Trinajstić information content (AvgIpc) is 3.02. The van der Waals surface area contributed by atoms with Gasteiger partial charge in [-0.2, -0.15) is 13.2 Å². The summed E-state index contributed by atoms with van der Waals surface area (Å²) in [7, 11) is 0. The first-order chi connectivity index (χ1) is 13.0. The fraction of sp³-hybridized carbons (Fsp3) is 0.333. The van der Waals surface area contributed by atoms with Crippen LogP contribution >= 0.6 is 0 Å². The lowest BCUT2D eigenvalue weighted by molar-refractivity contribution is -0.266. The highest BCUT2D eigenvalue weighted by molar-refractivity contribution is 5.79. The topological polar surface area (TPSA) is 66.0 Å². The van der Waals surface area contributed by atoms with Crippen molar-refractivity contribution in [3.8, 4) is 0 Å². The molecule has 4 nitrogen and oxygen atoms in total. The maximum absolute atomic E-state index is 13.9. The quantitative estimate of drug-likeness (QED) is 0.606. The van der Waals surface area contributed by atoms with Gasteiger partial charge in [0.05, 0.1) is 11.7 Å². The number of carbonyl (C=O) groups is 1. The van der Waals surface area contributed by atoms with Gasteiger partial charge >= 0.3 is 6.18 Å². The van der Waals surface area contributed by atoms with E-state index >= 15 is 0 Å². The predicted octanol–water partition coefficient (Wildman–Crippen LogP) is 4.58. The number of halogens is 3. The molecule has 0 aliphatic heterocycles. The molecule has 0 aliphatic rings. The van der Waals surface area contributed by atoms with Crippen molar-refractivity contribution in [1.29, 1.82) is 0 Å². The third kappa shape index (κ3) is 3.94. The number of hydrogen-bond acceptors (Lipinski definition) is 3. The van der Waals surface area contributed by atoms with Gasteiger partial charge in [-0.15, -0.1) is 0 Å². The minimum Gasteiger partial charge on any atom is -0.380 e. The molecule has 3 aromatic rings. The number of rotatable bonds is 6. The van der Waals surface area contributed by atoms with E-state index in [2.05, 4.69) is 9.97 Å². The highest BCUT2D eigenvalue weighted by Crippen LogP contribution is 2.43. The molecule has 0 spiro atoms. The summed E-state index contributed by atoms with van der Waals surface area (Å²) < 4.78 is 41.7. The monoisotopic (exact) mass is 390 g/mol. The number of alkyl halides is 3. The molecule has 1 unspecified atom stereocenters. The zero-order chi connectivity index (χ0) is 20.6. The van der Waals surface area contributed by atoms with E-state index in [1.807, 2.05) is 0 Å². The number of fused-ring (bicyclic) bond motifs is 1. The molecule has 3 rings (SSSR count). The maximum atomic E-state index is 13.9. The summed E-state index contributed by atoms with van der Waals surface area (Å²) in [6.07, 6.45) is -2.27. The van der Waals surface area contributed by atoms with Gasteiger partial charge in [0, 0.05) is 29.3 Å². The molecule has 7 heteroatoms. The van der Waals surface area contributed by atoms with Crippen LogP contribution < -0.4 is 0 Å². The van der Waals surface area contributed by atoms with Crippen molar-refractivity contribution >= 4 is 17.2 Å². The average molecular weight is 390 g/mol. The largest absolute Gasteiger partial charge is 0.417 e. The van der Waals surface area contributed by atoms with Crippen LogP contribution in [0.1, 0.15) is 41.9 Å². The minimum absolute atomic E-state index is 0.278. The third-order valence-corrected chi connectivity index (χ3v) is 5.03. The predicted molar refractivity (Wildman–Crippen MR) is 100 cm³/mol. The molecule has 28 heavy (non-hydrogen) atoms. The Balaban J connectivity index is 1.95. The van der Waals surface area contributed by atoms with Crippen molar-refractivity contribution in [2.75, 3.05) is 0 Å². The first kappa shape index (κ1) is 20.1. The first-order valence-corrected chi connectivity index (χ1v) is 8.80. The Kier molecular flexibility index (Phi) is 5.06. The molecular formula is C21H21F3N2O2. The van der Waals surface area contributed by atoms with Crippen molar-refractivity contribution in [3.63, 3.8) is 0 Å². The van der Waals surface area contributed by atoms with Crippen LogP contribution in [0.15, 0.2) is 48.8 Å². The maximum Gasteiger partial charge on any atom is 0.417 e. The van der Waals surface area contributed by atoms with Crippen LogP contribution in [0.3, 0.4) is 0 Å². The van der Waals surface area contributed by atoms with Gasteiger partial charge < -0.3 is 10.1 Å². The van der Waals surface area contributed by atoms with Crippen LogP contribution in [-0.4, -0.2) is 33.1 Å². The number of benzene rings is 1. The first-order valence-electron chi connectivity index (χ1n) is 8.80. The van der Waals surface area contributed by atoms with Gasteiger partial charge in [0.15, 0.2) is 5.60 Å². The number of nitrogens with zero attached hydrogens (tertiary/aromatic N) is 1. The molecule has 0 saturated carbocycles. The van der Waals surface area contributed by atoms with Crippen LogP contribution in [0.2, 0.25) is 0 Å². The molecule has 0 amide bonds. The lowest BCUT2D eigenvalue weighted by Gasteiger charge is -2.38. The van der Waals surface area contributed by atoms with E-state index in [0.29, 0.717) is 22.9 Å². The van der Waals surface area contributed by atoms with E-state index in [-0.39, 0.29) is 5.69 Å². The molecule has 0 saturated heterocycles. The molecule has 0 fully saturated rings. The van der Waals surface area contributed by atoms with Gasteiger partial charge in [0.2, 0.25) is 0 Å². The number of pyridine rings is 1. The number of carbonyl (C=O) groups excluding carboxylic acids is 1. The second kappa shape index (κ2) is 7.05. The lowest BCUT2D eigenvalue weighted by atomic mass is 9.73. The van der Waals surface area contributed by atoms with Gasteiger partial charge in [-0.3, -0.25) is 9.78 Å². The van der Waals surface area contributed by atoms with E-state index in [1.54, 1.807) is 56.4 Å². The van der Waals surface area contributed by atoms with E-state index in [0.717, 1.165) is 5.39 Å². The van der Waals surface area contributed by atoms with E-state index in [4.69, 9.17) is 0 Å². The number of hydrogen-bond donors (Lipinski definition) is 2. The zero-order valence-electron chi connectivity index (χ0n) is 15.5. The highest BCUT2D eigenvalue weighted by Gasteiger charge is 2.56. The third-order valence-electron chi connectivity index (χ3n) is 5.03. The number of aldehydes is 1. The van der Waals surface area contributed by atoms with Crippen molar-refractivity contribution in [3.05, 3.63) is 65.6 Å². The standard InChI is InChI=1S/C21H21F3N2O2/c1-19(2,16-5-3-4-14(8-16)12-27)13-20(28,21(22,23)24)10-17-9-15-6-7-25-11-18(15)26-17/h3-9,11-12,26,28H,10,13H2,1-2H3. The van der Waals surface area contributed by atoms with E-state index < -0.39 is 30.0 Å². The molecular weight excluding hydrogens is 369 g/mol. The van der Waals surface area contributed by atoms with Gasteiger partial charge in [0.1, 0.15) is 6.29 Å². The number of nitrogens with one attached hydrogen (secondary N) is 1. The Morgan fingerprint density at radius 3 is 2.57 bits per heavy atom. The van der Waals surface area contributed by atoms with Crippen molar-refractivity contribution < 1.29 is 23.1 Å². The van der Waals surface area contributed by atoms with Crippen LogP contribution in [0.5, 0.6) is 0 Å². The van der Waals surface area contributed by atoms with Crippen LogP contribution in [0.4, 0.5) is 13.2 Å². The summed E-state index contributed by atoms with van der Waals surface area (Å²) in [5, 5.41) is 11.4. The second-order valence-electron chi connectivity index (χ2n) is 7.77. The summed E-state index contributed by atoms with van der Waals surface area (Å²) in [5.74, 6) is 0. The van der Waals surface area contributed by atoms with Crippen LogP contribution in [0, 0.1) is 0 Å². The molecule has 2 aromatic heterocycles. The van der Waals surface area contributed by atoms with Crippen molar-refractivity contribution in [2.24, 2.45) is 0 Å². The van der Waals surface area contributed by atoms with E-state index in [1.165, 1.54) is 6.20 Å². The van der Waals surface area contributed by atoms with Crippen LogP contribution in [-0.2, 0) is 11.8 Å². The van der Waals surface area contributed by atoms with E-state index in [9.17, 15) is 23.1 Å². The highest BCUT2D eigenvalue weighted by atomic mass is 19.4. The molecule has 1 atom stereocenters. The molecule has 0 bridgehead atoms. The SMILES string of the molecule is CC(C)(CC(O)(Cc1cc2ccncc2[nH]1)C(F)(F)F)c1cccc(C=O)c1. The summed E-state index contributed by atoms with van der Waals surface area (Å²) in [5.41, 5.74) is -2.14. The Morgan fingerprint density at radius 2 is 1.93 bits per heavy atom. The lowest BCUT2D eigenvalue weighted by Crippen LogP contribution is -2.50. The Bertz CT molecular complexity index is 961. The molecule has 0 radical (unpaired) electrons. The minimum atomic E-state index is -4.83. The Labute approximate surface area is 160 Å². The van der Waals surface area contributed by atoms with Crippen molar-refractivity contribution in [2.45, 2.75) is 43.9 Å². The molecule has 1 aromatic carbocycles. The summed E-state index contributed by atoms with van der Waals surface area (Å²) in [6, 6.07) is 9.71. The molecule has 2 heterocycles. The Morgan fingerprint density at radius 1 is 1.18 bits per heavy atom. The van der Waals surface area contributed by atoms with Gasteiger partial charge in [-0.1, -0.05) is 32.0 Å². The van der Waals surface area contributed by atoms with Crippen molar-refractivity contribution in [1.82, 2.24) is 9.97 Å². The van der Waals surface area contributed by atoms with Gasteiger partial charge in [-0.25, -0.2) is 0 Å². The fourth-order valence-electron chi connectivity index (χ4n) is 3.57. The molecule has 0 aliphatic carbocycles. The number of H-pyrrole nitrogens is 1. The number of aromatic nitrogens is 2. The second-order valence-corrected chi connectivity index (χ2v) is 7.77.